The monoisotopic (exact) mass is 531 g/mol. The topological polar surface area (TPSA) is 63.5 Å². The summed E-state index contributed by atoms with van der Waals surface area (Å²) in [5.74, 6) is 0.277. The highest BCUT2D eigenvalue weighted by atomic mass is 35.5. The maximum atomic E-state index is 14.2. The third kappa shape index (κ3) is 3.51. The summed E-state index contributed by atoms with van der Waals surface area (Å²) in [5, 5.41) is 0.500. The van der Waals surface area contributed by atoms with E-state index in [1.807, 2.05) is 12.4 Å². The summed E-state index contributed by atoms with van der Waals surface area (Å²) in [4.78, 5) is 28.5. The second-order valence-corrected chi connectivity index (χ2v) is 12.4. The van der Waals surface area contributed by atoms with Crippen LogP contribution in [0.15, 0.2) is 30.6 Å². The van der Waals surface area contributed by atoms with Crippen LogP contribution in [0, 0.1) is 0 Å². The van der Waals surface area contributed by atoms with E-state index in [1.165, 1.54) is 50.8 Å². The number of ether oxygens (including phenoxy) is 1. The Kier molecular flexibility index (Phi) is 5.40. The molecule has 8 heteroatoms. The van der Waals surface area contributed by atoms with E-state index >= 15 is 0 Å². The normalized spacial score (nSPS) is 27.2. The van der Waals surface area contributed by atoms with E-state index in [4.69, 9.17) is 21.3 Å². The van der Waals surface area contributed by atoms with Crippen LogP contribution >= 0.6 is 11.6 Å². The largest absolute Gasteiger partial charge is 0.381 e. The van der Waals surface area contributed by atoms with Crippen molar-refractivity contribution in [1.82, 2.24) is 19.4 Å². The number of amides is 1. The van der Waals surface area contributed by atoms with E-state index in [1.54, 1.807) is 0 Å². The van der Waals surface area contributed by atoms with E-state index in [9.17, 15) is 4.79 Å². The van der Waals surface area contributed by atoms with Crippen molar-refractivity contribution in [2.75, 3.05) is 31.2 Å². The smallest absolute Gasteiger partial charge is 0.238 e. The Morgan fingerprint density at radius 3 is 2.53 bits per heavy atom. The minimum absolute atomic E-state index is 0.263. The molecule has 2 saturated heterocycles. The van der Waals surface area contributed by atoms with Crippen LogP contribution in [0.25, 0.3) is 22.3 Å². The number of halogens is 1. The predicted molar refractivity (Wildman–Crippen MR) is 148 cm³/mol. The Labute approximate surface area is 228 Å². The number of nitrogens with zero attached hydrogens (tertiary/aromatic N) is 5. The first-order chi connectivity index (χ1) is 18.6. The minimum atomic E-state index is -0.458. The standard InChI is InChI=1S/C30H34ClN5O2/c31-28-27-25(32-18-35(27)20-5-6-20)17-24(33-28)19-4-7-23-26(14-19)36(29(37)30(23)8-12-38-13-9-30)22-15-21(16-22)34-10-2-1-3-11-34/h4,7,14,17-18,20-22H,1-3,5-6,8-13,15-16H2/t21-,22+. The number of carbonyl (C=O) groups is 1. The molecule has 0 radical (unpaired) electrons. The Morgan fingerprint density at radius 2 is 1.76 bits per heavy atom. The molecule has 2 saturated carbocycles. The molecule has 38 heavy (non-hydrogen) atoms. The van der Waals surface area contributed by atoms with E-state index in [0.717, 1.165) is 53.7 Å². The molecule has 3 aromatic rings. The molecule has 4 fully saturated rings. The van der Waals surface area contributed by atoms with Crippen LogP contribution in [-0.2, 0) is 14.9 Å². The molecule has 0 unspecified atom stereocenters. The SMILES string of the molecule is O=C1N([C@H]2C[C@@H](N3CCCCC3)C2)c2cc(-c3cc4ncn(C5CC5)c4c(Cl)n3)ccc2C12CCOCC2. The number of piperidine rings is 1. The highest BCUT2D eigenvalue weighted by Crippen LogP contribution is 2.52. The maximum absolute atomic E-state index is 14.2. The first-order valence-electron chi connectivity index (χ1n) is 14.5. The summed E-state index contributed by atoms with van der Waals surface area (Å²) in [5.41, 5.74) is 5.38. The Morgan fingerprint density at radius 1 is 0.974 bits per heavy atom. The lowest BCUT2D eigenvalue weighted by Crippen LogP contribution is -2.57. The number of benzene rings is 1. The summed E-state index contributed by atoms with van der Waals surface area (Å²) in [6.07, 6.45) is 11.8. The molecule has 1 amide bonds. The van der Waals surface area contributed by atoms with Gasteiger partial charge in [-0.05, 0) is 82.2 Å². The molecular formula is C30H34ClN5O2. The fraction of sp³-hybridized carbons (Fsp3) is 0.567. The second-order valence-electron chi connectivity index (χ2n) is 12.0. The van der Waals surface area contributed by atoms with Crippen molar-refractivity contribution in [2.45, 2.75) is 81.3 Å². The third-order valence-electron chi connectivity index (χ3n) is 9.85. The van der Waals surface area contributed by atoms with Crippen molar-refractivity contribution < 1.29 is 9.53 Å². The molecule has 2 aromatic heterocycles. The van der Waals surface area contributed by atoms with Crippen LogP contribution in [0.3, 0.4) is 0 Å². The zero-order chi connectivity index (χ0) is 25.4. The summed E-state index contributed by atoms with van der Waals surface area (Å²) in [7, 11) is 0. The van der Waals surface area contributed by atoms with Crippen LogP contribution in [0.1, 0.15) is 69.4 Å². The number of rotatable bonds is 4. The quantitative estimate of drug-likeness (QED) is 0.416. The van der Waals surface area contributed by atoms with Crippen LogP contribution in [0.2, 0.25) is 5.15 Å². The lowest BCUT2D eigenvalue weighted by Gasteiger charge is -2.48. The van der Waals surface area contributed by atoms with Crippen molar-refractivity contribution in [2.24, 2.45) is 0 Å². The number of aromatic nitrogens is 3. The lowest BCUT2D eigenvalue weighted by molar-refractivity contribution is -0.127. The zero-order valence-corrected chi connectivity index (χ0v) is 22.5. The average molecular weight is 532 g/mol. The molecule has 8 rings (SSSR count). The summed E-state index contributed by atoms with van der Waals surface area (Å²) >= 11 is 6.73. The number of likely N-dealkylation sites (tertiary alicyclic amines) is 1. The molecule has 1 aromatic carbocycles. The first-order valence-corrected chi connectivity index (χ1v) is 14.8. The van der Waals surface area contributed by atoms with Gasteiger partial charge in [-0.3, -0.25) is 4.79 Å². The van der Waals surface area contributed by atoms with Crippen molar-refractivity contribution in [3.63, 3.8) is 0 Å². The summed E-state index contributed by atoms with van der Waals surface area (Å²) in [6.45, 7) is 3.69. The number of hydrogen-bond acceptors (Lipinski definition) is 5. The van der Waals surface area contributed by atoms with Gasteiger partial charge < -0.3 is 19.1 Å². The van der Waals surface area contributed by atoms with Gasteiger partial charge in [-0.15, -0.1) is 0 Å². The van der Waals surface area contributed by atoms with Crippen LogP contribution in [-0.4, -0.2) is 63.7 Å². The molecule has 198 valence electrons. The molecule has 0 bridgehead atoms. The number of imidazole rings is 1. The van der Waals surface area contributed by atoms with E-state index in [0.29, 0.717) is 30.5 Å². The van der Waals surface area contributed by atoms with Crippen LogP contribution in [0.5, 0.6) is 0 Å². The Balaban J connectivity index is 1.16. The molecule has 3 aliphatic heterocycles. The second kappa shape index (κ2) is 8.77. The van der Waals surface area contributed by atoms with Gasteiger partial charge in [0.2, 0.25) is 5.91 Å². The first kappa shape index (κ1) is 23.4. The summed E-state index contributed by atoms with van der Waals surface area (Å²) < 4.78 is 7.88. The van der Waals surface area contributed by atoms with E-state index < -0.39 is 5.41 Å². The highest BCUT2D eigenvalue weighted by molar-refractivity contribution is 6.34. The van der Waals surface area contributed by atoms with Gasteiger partial charge in [0, 0.05) is 42.6 Å². The van der Waals surface area contributed by atoms with Gasteiger partial charge in [0.15, 0.2) is 5.15 Å². The van der Waals surface area contributed by atoms with Gasteiger partial charge in [-0.2, -0.15) is 0 Å². The van der Waals surface area contributed by atoms with Crippen molar-refractivity contribution in [3.05, 3.63) is 41.3 Å². The number of anilines is 1. The molecule has 0 N–H and O–H groups in total. The molecular weight excluding hydrogens is 498 g/mol. The van der Waals surface area contributed by atoms with Gasteiger partial charge in [-0.1, -0.05) is 30.2 Å². The fourth-order valence-electron chi connectivity index (χ4n) is 7.46. The van der Waals surface area contributed by atoms with Crippen molar-refractivity contribution in [1.29, 1.82) is 0 Å². The third-order valence-corrected chi connectivity index (χ3v) is 10.1. The Bertz CT molecular complexity index is 1410. The van der Waals surface area contributed by atoms with Gasteiger partial charge in [0.05, 0.1) is 23.0 Å². The predicted octanol–water partition coefficient (Wildman–Crippen LogP) is 5.50. The summed E-state index contributed by atoms with van der Waals surface area (Å²) in [6, 6.07) is 9.90. The van der Waals surface area contributed by atoms with Crippen molar-refractivity contribution >= 4 is 34.2 Å². The average Bonchev–Trinajstić information content (AvgIpc) is 3.64. The number of fused-ring (bicyclic) bond motifs is 3. The molecule has 5 heterocycles. The van der Waals surface area contributed by atoms with Gasteiger partial charge in [-0.25, -0.2) is 9.97 Å². The minimum Gasteiger partial charge on any atom is -0.381 e. The zero-order valence-electron chi connectivity index (χ0n) is 21.7. The van der Waals surface area contributed by atoms with Crippen LogP contribution < -0.4 is 4.90 Å². The maximum Gasteiger partial charge on any atom is 0.238 e. The highest BCUT2D eigenvalue weighted by Gasteiger charge is 2.55. The number of hydrogen-bond donors (Lipinski definition) is 0. The van der Waals surface area contributed by atoms with Gasteiger partial charge >= 0.3 is 0 Å². The molecule has 5 aliphatic rings. The van der Waals surface area contributed by atoms with Gasteiger partial charge in [0.25, 0.3) is 0 Å². The van der Waals surface area contributed by atoms with Crippen LogP contribution in [0.4, 0.5) is 5.69 Å². The molecule has 0 atom stereocenters. The molecule has 2 aliphatic carbocycles. The van der Waals surface area contributed by atoms with E-state index in [-0.39, 0.29) is 11.9 Å². The number of carbonyl (C=O) groups excluding carboxylic acids is 1. The Hall–Kier alpha value is -2.48. The van der Waals surface area contributed by atoms with E-state index in [2.05, 4.69) is 37.5 Å². The van der Waals surface area contributed by atoms with Crippen molar-refractivity contribution in [3.8, 4) is 11.3 Å². The lowest BCUT2D eigenvalue weighted by atomic mass is 9.75. The van der Waals surface area contributed by atoms with Gasteiger partial charge in [0.1, 0.15) is 5.52 Å². The fourth-order valence-corrected chi connectivity index (χ4v) is 7.74. The molecule has 1 spiro atoms. The number of pyridine rings is 1. The molecule has 7 nitrogen and oxygen atoms in total.